The zero-order chi connectivity index (χ0) is 25.2. The second-order valence-electron chi connectivity index (χ2n) is 9.96. The SMILES string of the molecule is C=C1NC2=C(C(=O)CC(C)(C)C2)C(c2ccc(C(=O)OC)cc2)C1C(=O)OCCc1ccccc1. The summed E-state index contributed by atoms with van der Waals surface area (Å²) in [6.45, 7) is 8.50. The lowest BCUT2D eigenvalue weighted by Gasteiger charge is -2.42. The van der Waals surface area contributed by atoms with Crippen LogP contribution < -0.4 is 5.32 Å². The van der Waals surface area contributed by atoms with E-state index in [9.17, 15) is 14.4 Å². The molecule has 2 unspecified atom stereocenters. The molecule has 1 aliphatic carbocycles. The summed E-state index contributed by atoms with van der Waals surface area (Å²) in [7, 11) is 1.33. The van der Waals surface area contributed by atoms with Crippen LogP contribution in [0.1, 0.15) is 54.1 Å². The Morgan fingerprint density at radius 1 is 1.06 bits per heavy atom. The van der Waals surface area contributed by atoms with Gasteiger partial charge in [0.25, 0.3) is 0 Å². The summed E-state index contributed by atoms with van der Waals surface area (Å²) in [4.78, 5) is 38.7. The van der Waals surface area contributed by atoms with Crippen molar-refractivity contribution in [3.05, 3.63) is 94.8 Å². The number of allylic oxidation sites excluding steroid dienone is 2. The summed E-state index contributed by atoms with van der Waals surface area (Å²) in [5.41, 5.74) is 3.97. The van der Waals surface area contributed by atoms with Crippen LogP contribution in [0.5, 0.6) is 0 Å². The highest BCUT2D eigenvalue weighted by atomic mass is 16.5. The minimum absolute atomic E-state index is 0.0142. The molecule has 1 aliphatic heterocycles. The first-order chi connectivity index (χ1) is 16.7. The van der Waals surface area contributed by atoms with Crippen molar-refractivity contribution >= 4 is 17.7 Å². The van der Waals surface area contributed by atoms with E-state index in [0.717, 1.165) is 16.8 Å². The summed E-state index contributed by atoms with van der Waals surface area (Å²) in [5, 5.41) is 3.27. The summed E-state index contributed by atoms with van der Waals surface area (Å²) >= 11 is 0. The number of ether oxygens (including phenoxy) is 2. The highest BCUT2D eigenvalue weighted by molar-refractivity contribution is 6.01. The van der Waals surface area contributed by atoms with Gasteiger partial charge in [0, 0.05) is 35.7 Å². The number of carbonyl (C=O) groups excluding carboxylic acids is 3. The smallest absolute Gasteiger partial charge is 0.337 e. The third kappa shape index (κ3) is 5.21. The molecule has 0 aromatic heterocycles. The average Bonchev–Trinajstić information content (AvgIpc) is 2.82. The molecule has 0 saturated carbocycles. The quantitative estimate of drug-likeness (QED) is 0.612. The molecule has 35 heavy (non-hydrogen) atoms. The molecule has 6 heteroatoms. The van der Waals surface area contributed by atoms with E-state index in [2.05, 4.69) is 25.7 Å². The predicted molar refractivity (Wildman–Crippen MR) is 132 cm³/mol. The number of esters is 2. The van der Waals surface area contributed by atoms with Crippen molar-refractivity contribution in [2.45, 2.75) is 39.0 Å². The molecule has 0 saturated heterocycles. The molecule has 0 amide bonds. The fraction of sp³-hybridized carbons (Fsp3) is 0.345. The molecule has 2 aromatic rings. The van der Waals surface area contributed by atoms with E-state index < -0.39 is 23.8 Å². The van der Waals surface area contributed by atoms with Gasteiger partial charge in [-0.05, 0) is 35.1 Å². The van der Waals surface area contributed by atoms with E-state index in [1.165, 1.54) is 7.11 Å². The fourth-order valence-corrected chi connectivity index (χ4v) is 5.03. The number of Topliss-reactive ketones (excluding diaryl/α,β-unsaturated/α-hetero) is 1. The minimum atomic E-state index is -0.765. The Balaban J connectivity index is 1.67. The van der Waals surface area contributed by atoms with Crippen LogP contribution in [0, 0.1) is 11.3 Å². The lowest BCUT2D eigenvalue weighted by Crippen LogP contribution is -2.43. The van der Waals surface area contributed by atoms with Gasteiger partial charge in [-0.15, -0.1) is 0 Å². The van der Waals surface area contributed by atoms with Crippen molar-refractivity contribution in [3.63, 3.8) is 0 Å². The standard InChI is InChI=1S/C29H31NO5/c1-18-24(28(33)35-15-14-19-8-6-5-7-9-19)25(20-10-12-21(13-11-20)27(32)34-4)26-22(30-18)16-29(2,3)17-23(26)31/h5-13,24-25,30H,1,14-17H2,2-4H3. The molecule has 1 N–H and O–H groups in total. The predicted octanol–water partition coefficient (Wildman–Crippen LogP) is 4.72. The van der Waals surface area contributed by atoms with Gasteiger partial charge in [-0.2, -0.15) is 0 Å². The van der Waals surface area contributed by atoms with Crippen molar-refractivity contribution in [2.24, 2.45) is 11.3 Å². The third-order valence-electron chi connectivity index (χ3n) is 6.67. The Morgan fingerprint density at radius 3 is 2.40 bits per heavy atom. The van der Waals surface area contributed by atoms with Crippen molar-refractivity contribution < 1.29 is 23.9 Å². The molecule has 0 fully saturated rings. The van der Waals surface area contributed by atoms with Gasteiger partial charge in [-0.25, -0.2) is 4.79 Å². The topological polar surface area (TPSA) is 81.7 Å². The first kappa shape index (κ1) is 24.5. The van der Waals surface area contributed by atoms with Crippen LogP contribution in [0.3, 0.4) is 0 Å². The normalized spacial score (nSPS) is 21.1. The van der Waals surface area contributed by atoms with Gasteiger partial charge >= 0.3 is 11.9 Å². The molecular weight excluding hydrogens is 442 g/mol. The minimum Gasteiger partial charge on any atom is -0.465 e. The molecule has 1 heterocycles. The molecule has 2 aromatic carbocycles. The van der Waals surface area contributed by atoms with Gasteiger partial charge in [0.05, 0.1) is 19.3 Å². The summed E-state index contributed by atoms with van der Waals surface area (Å²) in [6, 6.07) is 16.7. The lowest BCUT2D eigenvalue weighted by molar-refractivity contribution is -0.147. The molecule has 0 spiro atoms. The van der Waals surface area contributed by atoms with Gasteiger partial charge in [0.2, 0.25) is 0 Å². The maximum atomic E-state index is 13.4. The first-order valence-corrected chi connectivity index (χ1v) is 11.8. The number of hydrogen-bond acceptors (Lipinski definition) is 6. The molecule has 0 radical (unpaired) electrons. The first-order valence-electron chi connectivity index (χ1n) is 11.8. The second-order valence-corrected chi connectivity index (χ2v) is 9.96. The largest absolute Gasteiger partial charge is 0.465 e. The number of benzene rings is 2. The van der Waals surface area contributed by atoms with Crippen LogP contribution in [0.4, 0.5) is 0 Å². The maximum absolute atomic E-state index is 13.4. The number of rotatable bonds is 6. The third-order valence-corrected chi connectivity index (χ3v) is 6.67. The summed E-state index contributed by atoms with van der Waals surface area (Å²) in [6.07, 6.45) is 1.67. The van der Waals surface area contributed by atoms with E-state index in [0.29, 0.717) is 36.1 Å². The average molecular weight is 474 g/mol. The van der Waals surface area contributed by atoms with Crippen LogP contribution in [-0.2, 0) is 25.5 Å². The number of methoxy groups -OCH3 is 1. The van der Waals surface area contributed by atoms with Crippen LogP contribution in [-0.4, -0.2) is 31.4 Å². The monoisotopic (exact) mass is 473 g/mol. The molecular formula is C29H31NO5. The van der Waals surface area contributed by atoms with E-state index >= 15 is 0 Å². The second kappa shape index (κ2) is 9.90. The van der Waals surface area contributed by atoms with Gasteiger partial charge < -0.3 is 14.8 Å². The number of nitrogens with one attached hydrogen (secondary N) is 1. The van der Waals surface area contributed by atoms with Gasteiger partial charge in [0.15, 0.2) is 5.78 Å². The fourth-order valence-electron chi connectivity index (χ4n) is 5.03. The lowest BCUT2D eigenvalue weighted by atomic mass is 9.66. The number of hydrogen-bond donors (Lipinski definition) is 1. The molecule has 0 bridgehead atoms. The highest BCUT2D eigenvalue weighted by Gasteiger charge is 2.46. The molecule has 2 atom stereocenters. The van der Waals surface area contributed by atoms with Crippen molar-refractivity contribution in [1.29, 1.82) is 0 Å². The molecule has 4 rings (SSSR count). The Hall–Kier alpha value is -3.67. The van der Waals surface area contributed by atoms with Crippen LogP contribution in [0.2, 0.25) is 0 Å². The Morgan fingerprint density at radius 2 is 1.74 bits per heavy atom. The van der Waals surface area contributed by atoms with Crippen molar-refractivity contribution in [1.82, 2.24) is 5.32 Å². The van der Waals surface area contributed by atoms with Crippen LogP contribution in [0.25, 0.3) is 0 Å². The van der Waals surface area contributed by atoms with Gasteiger partial charge in [-0.3, -0.25) is 9.59 Å². The van der Waals surface area contributed by atoms with Gasteiger partial charge in [0.1, 0.15) is 5.92 Å². The summed E-state index contributed by atoms with van der Waals surface area (Å²) < 4.78 is 10.5. The zero-order valence-electron chi connectivity index (χ0n) is 20.4. The molecule has 6 nitrogen and oxygen atoms in total. The van der Waals surface area contributed by atoms with Crippen LogP contribution >= 0.6 is 0 Å². The summed E-state index contributed by atoms with van der Waals surface area (Å²) in [5.74, 6) is -2.17. The Bertz CT molecular complexity index is 1180. The zero-order valence-corrected chi connectivity index (χ0v) is 20.4. The van der Waals surface area contributed by atoms with Crippen LogP contribution in [0.15, 0.2) is 78.1 Å². The highest BCUT2D eigenvalue weighted by Crippen LogP contribution is 2.48. The van der Waals surface area contributed by atoms with E-state index in [1.807, 2.05) is 30.3 Å². The van der Waals surface area contributed by atoms with Crippen molar-refractivity contribution in [3.8, 4) is 0 Å². The maximum Gasteiger partial charge on any atom is 0.337 e. The Labute approximate surface area is 206 Å². The van der Waals surface area contributed by atoms with Gasteiger partial charge in [-0.1, -0.05) is 62.9 Å². The number of ketones is 1. The Kier molecular flexibility index (Phi) is 6.92. The van der Waals surface area contributed by atoms with E-state index in [4.69, 9.17) is 9.47 Å². The van der Waals surface area contributed by atoms with E-state index in [1.54, 1.807) is 24.3 Å². The molecule has 2 aliphatic rings. The molecule has 182 valence electrons. The van der Waals surface area contributed by atoms with Crippen molar-refractivity contribution in [2.75, 3.05) is 13.7 Å². The number of carbonyl (C=O) groups is 3. The van der Waals surface area contributed by atoms with E-state index in [-0.39, 0.29) is 17.8 Å².